The fraction of sp³-hybridized carbons (Fsp3) is 0.273. The Labute approximate surface area is 94.5 Å². The maximum Gasteiger partial charge on any atom is 0.0627 e. The van der Waals surface area contributed by atoms with E-state index in [2.05, 4.69) is 12.2 Å². The van der Waals surface area contributed by atoms with E-state index in [1.807, 2.05) is 12.1 Å². The summed E-state index contributed by atoms with van der Waals surface area (Å²) in [4.78, 5) is 0. The molecule has 0 amide bonds. The fourth-order valence-electron chi connectivity index (χ4n) is 1.13. The molecular formula is C11H13Cl2N. The number of halogens is 2. The zero-order valence-electron chi connectivity index (χ0n) is 7.84. The first-order chi connectivity index (χ1) is 6.75. The van der Waals surface area contributed by atoms with E-state index in [4.69, 9.17) is 28.9 Å². The third-order valence-electron chi connectivity index (χ3n) is 1.87. The van der Waals surface area contributed by atoms with Gasteiger partial charge in [-0.05, 0) is 31.0 Å². The summed E-state index contributed by atoms with van der Waals surface area (Å²) in [5.74, 6) is 0. The lowest BCUT2D eigenvalue weighted by Crippen LogP contribution is -1.95. The molecule has 2 N–H and O–H groups in total. The molecule has 1 nitrogen and oxygen atoms in total. The van der Waals surface area contributed by atoms with Gasteiger partial charge in [0.15, 0.2) is 0 Å². The minimum Gasteiger partial charge on any atom is -0.330 e. The Morgan fingerprint density at radius 1 is 1.21 bits per heavy atom. The van der Waals surface area contributed by atoms with Crippen molar-refractivity contribution in [1.29, 1.82) is 0 Å². The van der Waals surface area contributed by atoms with Gasteiger partial charge in [-0.2, -0.15) is 0 Å². The van der Waals surface area contributed by atoms with E-state index in [-0.39, 0.29) is 0 Å². The van der Waals surface area contributed by atoms with Gasteiger partial charge in [-0.15, -0.1) is 0 Å². The Hall–Kier alpha value is -0.500. The Morgan fingerprint density at radius 2 is 2.00 bits per heavy atom. The average Bonchev–Trinajstić information content (AvgIpc) is 2.19. The molecule has 0 aromatic heterocycles. The first-order valence-corrected chi connectivity index (χ1v) is 5.29. The van der Waals surface area contributed by atoms with Crippen LogP contribution in [0.1, 0.15) is 12.0 Å². The molecule has 0 atom stereocenters. The highest BCUT2D eigenvalue weighted by Gasteiger charge is 2.01. The maximum atomic E-state index is 6.02. The number of hydrogen-bond acceptors (Lipinski definition) is 1. The molecule has 0 aliphatic carbocycles. The standard InChI is InChI=1S/C11H13Cl2N/c12-10-7-4-6-9(11(10)13)5-2-1-3-8-14/h1-2,4,6-7H,3,5,8,14H2/b2-1+. The van der Waals surface area contributed by atoms with Crippen LogP contribution in [0.4, 0.5) is 0 Å². The Morgan fingerprint density at radius 3 is 2.71 bits per heavy atom. The molecule has 76 valence electrons. The molecule has 0 saturated carbocycles. The largest absolute Gasteiger partial charge is 0.330 e. The molecule has 0 aliphatic heterocycles. The van der Waals surface area contributed by atoms with Crippen LogP contribution in [-0.2, 0) is 6.42 Å². The monoisotopic (exact) mass is 229 g/mol. The highest BCUT2D eigenvalue weighted by atomic mass is 35.5. The third-order valence-corrected chi connectivity index (χ3v) is 2.73. The number of hydrogen-bond donors (Lipinski definition) is 1. The Bertz CT molecular complexity index is 321. The average molecular weight is 230 g/mol. The fourth-order valence-corrected chi connectivity index (χ4v) is 1.53. The van der Waals surface area contributed by atoms with E-state index in [0.29, 0.717) is 16.6 Å². The molecule has 0 spiro atoms. The lowest BCUT2D eigenvalue weighted by molar-refractivity contribution is 1.00. The third kappa shape index (κ3) is 3.33. The van der Waals surface area contributed by atoms with Crippen molar-refractivity contribution in [2.24, 2.45) is 5.73 Å². The summed E-state index contributed by atoms with van der Waals surface area (Å²) < 4.78 is 0. The molecular weight excluding hydrogens is 217 g/mol. The normalized spacial score (nSPS) is 11.1. The van der Waals surface area contributed by atoms with Crippen LogP contribution in [0, 0.1) is 0 Å². The van der Waals surface area contributed by atoms with E-state index in [1.54, 1.807) is 6.07 Å². The van der Waals surface area contributed by atoms with E-state index >= 15 is 0 Å². The second-order valence-electron chi connectivity index (χ2n) is 2.97. The van der Waals surface area contributed by atoms with Gasteiger partial charge < -0.3 is 5.73 Å². The van der Waals surface area contributed by atoms with E-state index in [1.165, 1.54) is 0 Å². The van der Waals surface area contributed by atoms with Gasteiger partial charge in [0.2, 0.25) is 0 Å². The molecule has 3 heteroatoms. The summed E-state index contributed by atoms with van der Waals surface area (Å²) in [6.07, 6.45) is 5.82. The maximum absolute atomic E-state index is 6.02. The second-order valence-corrected chi connectivity index (χ2v) is 3.75. The molecule has 0 radical (unpaired) electrons. The first-order valence-electron chi connectivity index (χ1n) is 4.53. The summed E-state index contributed by atoms with van der Waals surface area (Å²) >= 11 is 11.9. The van der Waals surface area contributed by atoms with Gasteiger partial charge in [0.1, 0.15) is 0 Å². The van der Waals surface area contributed by atoms with E-state index in [0.717, 1.165) is 18.4 Å². The van der Waals surface area contributed by atoms with Gasteiger partial charge in [0.25, 0.3) is 0 Å². The van der Waals surface area contributed by atoms with Crippen molar-refractivity contribution >= 4 is 23.2 Å². The van der Waals surface area contributed by atoms with Crippen LogP contribution in [0.25, 0.3) is 0 Å². The van der Waals surface area contributed by atoms with Crippen molar-refractivity contribution in [3.05, 3.63) is 46.0 Å². The van der Waals surface area contributed by atoms with Gasteiger partial charge >= 0.3 is 0 Å². The Balaban J connectivity index is 2.63. The number of benzene rings is 1. The van der Waals surface area contributed by atoms with Crippen molar-refractivity contribution in [2.75, 3.05) is 6.54 Å². The summed E-state index contributed by atoms with van der Waals surface area (Å²) in [5.41, 5.74) is 6.41. The summed E-state index contributed by atoms with van der Waals surface area (Å²) in [7, 11) is 0. The van der Waals surface area contributed by atoms with Crippen molar-refractivity contribution in [3.63, 3.8) is 0 Å². The number of allylic oxidation sites excluding steroid dienone is 1. The molecule has 0 fully saturated rings. The highest BCUT2D eigenvalue weighted by molar-refractivity contribution is 6.42. The zero-order chi connectivity index (χ0) is 10.4. The van der Waals surface area contributed by atoms with Crippen molar-refractivity contribution < 1.29 is 0 Å². The molecule has 1 aromatic rings. The van der Waals surface area contributed by atoms with Crippen LogP contribution >= 0.6 is 23.2 Å². The van der Waals surface area contributed by atoms with Gasteiger partial charge in [0, 0.05) is 0 Å². The van der Waals surface area contributed by atoms with Crippen LogP contribution in [0.5, 0.6) is 0 Å². The van der Waals surface area contributed by atoms with Crippen LogP contribution in [-0.4, -0.2) is 6.54 Å². The first kappa shape index (κ1) is 11.6. The molecule has 14 heavy (non-hydrogen) atoms. The minimum absolute atomic E-state index is 0.608. The summed E-state index contributed by atoms with van der Waals surface area (Å²) in [5, 5.41) is 1.25. The Kier molecular flexibility index (Phi) is 5.02. The van der Waals surface area contributed by atoms with Gasteiger partial charge in [-0.3, -0.25) is 0 Å². The van der Waals surface area contributed by atoms with E-state index < -0.39 is 0 Å². The topological polar surface area (TPSA) is 26.0 Å². The highest BCUT2D eigenvalue weighted by Crippen LogP contribution is 2.25. The summed E-state index contributed by atoms with van der Waals surface area (Å²) in [6.45, 7) is 0.680. The molecule has 0 saturated heterocycles. The van der Waals surface area contributed by atoms with E-state index in [9.17, 15) is 0 Å². The molecule has 0 unspecified atom stereocenters. The second kappa shape index (κ2) is 6.07. The van der Waals surface area contributed by atoms with Gasteiger partial charge in [-0.1, -0.05) is 47.5 Å². The predicted molar refractivity (Wildman–Crippen MR) is 63.0 cm³/mol. The minimum atomic E-state index is 0.608. The number of nitrogens with two attached hydrogens (primary N) is 1. The lowest BCUT2D eigenvalue weighted by atomic mass is 10.1. The molecule has 0 bridgehead atoms. The summed E-state index contributed by atoms with van der Waals surface area (Å²) in [6, 6.07) is 5.66. The quantitative estimate of drug-likeness (QED) is 0.787. The molecule has 0 heterocycles. The van der Waals surface area contributed by atoms with Crippen LogP contribution < -0.4 is 5.73 Å². The van der Waals surface area contributed by atoms with Crippen molar-refractivity contribution in [1.82, 2.24) is 0 Å². The SMILES string of the molecule is NCC/C=C/Cc1cccc(Cl)c1Cl. The zero-order valence-corrected chi connectivity index (χ0v) is 9.35. The molecule has 1 rings (SSSR count). The van der Waals surface area contributed by atoms with Crippen molar-refractivity contribution in [2.45, 2.75) is 12.8 Å². The van der Waals surface area contributed by atoms with Crippen LogP contribution in [0.3, 0.4) is 0 Å². The van der Waals surface area contributed by atoms with Crippen LogP contribution in [0.15, 0.2) is 30.4 Å². The van der Waals surface area contributed by atoms with Crippen LogP contribution in [0.2, 0.25) is 10.0 Å². The smallest absolute Gasteiger partial charge is 0.0627 e. The van der Waals surface area contributed by atoms with Crippen molar-refractivity contribution in [3.8, 4) is 0 Å². The molecule has 0 aliphatic rings. The lowest BCUT2D eigenvalue weighted by Gasteiger charge is -2.01. The number of rotatable bonds is 4. The molecule has 1 aromatic carbocycles. The van der Waals surface area contributed by atoms with Gasteiger partial charge in [-0.25, -0.2) is 0 Å². The predicted octanol–water partition coefficient (Wildman–Crippen LogP) is 3.44. The van der Waals surface area contributed by atoms with Gasteiger partial charge in [0.05, 0.1) is 10.0 Å².